The van der Waals surface area contributed by atoms with Crippen LogP contribution in [0.4, 0.5) is 0 Å². The molecule has 1 aliphatic carbocycles. The number of aromatic nitrogens is 2. The Morgan fingerprint density at radius 1 is 1.50 bits per heavy atom. The number of nitrogens with one attached hydrogen (secondary N) is 1. The van der Waals surface area contributed by atoms with E-state index in [1.54, 1.807) is 0 Å². The topological polar surface area (TPSA) is 29.9 Å². The van der Waals surface area contributed by atoms with Crippen molar-refractivity contribution in [3.05, 3.63) is 17.5 Å². The number of aryl methyl sites for hydroxylation is 2. The molecule has 0 saturated heterocycles. The monoisotopic (exact) mass is 249 g/mol. The Balaban J connectivity index is 2.21. The van der Waals surface area contributed by atoms with Crippen LogP contribution < -0.4 is 5.32 Å². The Kier molecular flexibility index (Phi) is 4.44. The number of hydrogen-bond acceptors (Lipinski definition) is 2. The molecule has 1 aromatic rings. The third-order valence-electron chi connectivity index (χ3n) is 4.31. The molecule has 3 atom stereocenters. The summed E-state index contributed by atoms with van der Waals surface area (Å²) in [5.74, 6) is 1.64. The summed E-state index contributed by atoms with van der Waals surface area (Å²) in [7, 11) is 2.09. The third-order valence-corrected chi connectivity index (χ3v) is 4.31. The molecule has 1 N–H and O–H groups in total. The van der Waals surface area contributed by atoms with Gasteiger partial charge in [0.15, 0.2) is 0 Å². The Hall–Kier alpha value is -0.830. The molecule has 102 valence electrons. The summed E-state index contributed by atoms with van der Waals surface area (Å²) in [5.41, 5.74) is 2.51. The lowest BCUT2D eigenvalue weighted by atomic mass is 9.77. The van der Waals surface area contributed by atoms with Crippen LogP contribution in [0.5, 0.6) is 0 Å². The van der Waals surface area contributed by atoms with Gasteiger partial charge in [-0.05, 0) is 51.6 Å². The van der Waals surface area contributed by atoms with Crippen molar-refractivity contribution in [2.45, 2.75) is 59.0 Å². The molecular weight excluding hydrogens is 222 g/mol. The summed E-state index contributed by atoms with van der Waals surface area (Å²) in [5, 5.41) is 8.12. The first-order valence-electron chi connectivity index (χ1n) is 7.37. The van der Waals surface area contributed by atoms with Crippen LogP contribution >= 0.6 is 0 Å². The Bertz CT molecular complexity index is 383. The van der Waals surface area contributed by atoms with Crippen molar-refractivity contribution in [3.63, 3.8) is 0 Å². The number of nitrogens with zero attached hydrogens (tertiary/aromatic N) is 2. The standard InChI is InChI=1S/C15H27N3/c1-5-18-14(10-12(3)17-18)15(16-4)13-8-6-7-11(2)9-13/h10-11,13,15-16H,5-9H2,1-4H3. The predicted molar refractivity (Wildman–Crippen MR) is 75.6 cm³/mol. The average Bonchev–Trinajstić information content (AvgIpc) is 2.71. The molecule has 1 aromatic heterocycles. The Labute approximate surface area is 111 Å². The molecule has 1 fully saturated rings. The normalized spacial score (nSPS) is 26.2. The van der Waals surface area contributed by atoms with Gasteiger partial charge in [-0.1, -0.05) is 19.8 Å². The molecule has 1 aliphatic rings. The minimum atomic E-state index is 0.467. The molecule has 1 heterocycles. The van der Waals surface area contributed by atoms with Crippen LogP contribution in [0.15, 0.2) is 6.07 Å². The molecule has 3 heteroatoms. The highest BCUT2D eigenvalue weighted by Crippen LogP contribution is 2.37. The summed E-state index contributed by atoms with van der Waals surface area (Å²) in [6.45, 7) is 7.61. The molecule has 3 nitrogen and oxygen atoms in total. The van der Waals surface area contributed by atoms with Gasteiger partial charge >= 0.3 is 0 Å². The molecule has 0 bridgehead atoms. The van der Waals surface area contributed by atoms with E-state index in [1.807, 2.05) is 0 Å². The Morgan fingerprint density at radius 3 is 2.89 bits per heavy atom. The van der Waals surface area contributed by atoms with Crippen molar-refractivity contribution < 1.29 is 0 Å². The van der Waals surface area contributed by atoms with E-state index in [0.717, 1.165) is 24.1 Å². The lowest BCUT2D eigenvalue weighted by molar-refractivity contribution is 0.223. The first-order chi connectivity index (χ1) is 8.65. The van der Waals surface area contributed by atoms with Crippen molar-refractivity contribution in [2.24, 2.45) is 11.8 Å². The third kappa shape index (κ3) is 2.77. The molecule has 2 rings (SSSR count). The first kappa shape index (κ1) is 13.6. The summed E-state index contributed by atoms with van der Waals surface area (Å²) in [4.78, 5) is 0. The molecule has 0 radical (unpaired) electrons. The zero-order valence-electron chi connectivity index (χ0n) is 12.2. The number of rotatable bonds is 4. The van der Waals surface area contributed by atoms with Gasteiger partial charge in [-0.3, -0.25) is 4.68 Å². The van der Waals surface area contributed by atoms with Gasteiger partial charge in [0, 0.05) is 6.54 Å². The average molecular weight is 249 g/mol. The fourth-order valence-electron chi connectivity index (χ4n) is 3.48. The van der Waals surface area contributed by atoms with Gasteiger partial charge in [-0.15, -0.1) is 0 Å². The zero-order valence-corrected chi connectivity index (χ0v) is 12.2. The fourth-order valence-corrected chi connectivity index (χ4v) is 3.48. The van der Waals surface area contributed by atoms with Crippen molar-refractivity contribution in [1.29, 1.82) is 0 Å². The molecule has 0 aliphatic heterocycles. The van der Waals surface area contributed by atoms with Crippen LogP contribution in [0.25, 0.3) is 0 Å². The number of hydrogen-bond donors (Lipinski definition) is 1. The highest BCUT2D eigenvalue weighted by molar-refractivity contribution is 5.14. The van der Waals surface area contributed by atoms with E-state index in [4.69, 9.17) is 0 Å². The maximum Gasteiger partial charge on any atom is 0.0597 e. The van der Waals surface area contributed by atoms with E-state index in [9.17, 15) is 0 Å². The second kappa shape index (κ2) is 5.87. The van der Waals surface area contributed by atoms with Crippen molar-refractivity contribution >= 4 is 0 Å². The highest BCUT2D eigenvalue weighted by atomic mass is 15.3. The molecular formula is C15H27N3. The van der Waals surface area contributed by atoms with Gasteiger partial charge in [0.2, 0.25) is 0 Å². The van der Waals surface area contributed by atoms with E-state index in [0.29, 0.717) is 6.04 Å². The lowest BCUT2D eigenvalue weighted by Gasteiger charge is -2.33. The summed E-state index contributed by atoms with van der Waals surface area (Å²) < 4.78 is 2.16. The van der Waals surface area contributed by atoms with E-state index in [1.165, 1.54) is 31.4 Å². The van der Waals surface area contributed by atoms with E-state index in [2.05, 4.69) is 49.0 Å². The quantitative estimate of drug-likeness (QED) is 0.887. The maximum absolute atomic E-state index is 4.59. The van der Waals surface area contributed by atoms with Crippen LogP contribution in [-0.2, 0) is 6.54 Å². The van der Waals surface area contributed by atoms with Crippen molar-refractivity contribution in [3.8, 4) is 0 Å². The van der Waals surface area contributed by atoms with E-state index in [-0.39, 0.29) is 0 Å². The van der Waals surface area contributed by atoms with E-state index < -0.39 is 0 Å². The van der Waals surface area contributed by atoms with Gasteiger partial charge < -0.3 is 5.32 Å². The molecule has 18 heavy (non-hydrogen) atoms. The highest BCUT2D eigenvalue weighted by Gasteiger charge is 2.28. The maximum atomic E-state index is 4.59. The minimum absolute atomic E-state index is 0.467. The van der Waals surface area contributed by atoms with Crippen LogP contribution in [0.3, 0.4) is 0 Å². The van der Waals surface area contributed by atoms with Crippen LogP contribution in [-0.4, -0.2) is 16.8 Å². The van der Waals surface area contributed by atoms with Crippen LogP contribution in [0.2, 0.25) is 0 Å². The van der Waals surface area contributed by atoms with Gasteiger partial charge in [-0.25, -0.2) is 0 Å². The summed E-state index contributed by atoms with van der Waals surface area (Å²) in [6, 6.07) is 2.72. The Morgan fingerprint density at radius 2 is 2.28 bits per heavy atom. The van der Waals surface area contributed by atoms with E-state index >= 15 is 0 Å². The van der Waals surface area contributed by atoms with Crippen LogP contribution in [0, 0.1) is 18.8 Å². The smallest absolute Gasteiger partial charge is 0.0597 e. The molecule has 1 saturated carbocycles. The minimum Gasteiger partial charge on any atom is -0.311 e. The van der Waals surface area contributed by atoms with Gasteiger partial charge in [-0.2, -0.15) is 5.10 Å². The first-order valence-corrected chi connectivity index (χ1v) is 7.37. The summed E-state index contributed by atoms with van der Waals surface area (Å²) >= 11 is 0. The lowest BCUT2D eigenvalue weighted by Crippen LogP contribution is -2.30. The second-order valence-corrected chi connectivity index (χ2v) is 5.82. The molecule has 3 unspecified atom stereocenters. The van der Waals surface area contributed by atoms with Crippen molar-refractivity contribution in [2.75, 3.05) is 7.05 Å². The fraction of sp³-hybridized carbons (Fsp3) is 0.800. The van der Waals surface area contributed by atoms with Gasteiger partial charge in [0.05, 0.1) is 17.4 Å². The predicted octanol–water partition coefficient (Wildman–Crippen LogP) is 3.30. The summed E-state index contributed by atoms with van der Waals surface area (Å²) in [6.07, 6.45) is 5.48. The van der Waals surface area contributed by atoms with Gasteiger partial charge in [0.25, 0.3) is 0 Å². The van der Waals surface area contributed by atoms with Crippen LogP contribution in [0.1, 0.15) is 57.0 Å². The molecule has 0 spiro atoms. The molecule has 0 amide bonds. The SMILES string of the molecule is CCn1nc(C)cc1C(NC)C1CCCC(C)C1. The second-order valence-electron chi connectivity index (χ2n) is 5.82. The largest absolute Gasteiger partial charge is 0.311 e. The zero-order chi connectivity index (χ0) is 13.1. The van der Waals surface area contributed by atoms with Crippen molar-refractivity contribution in [1.82, 2.24) is 15.1 Å². The van der Waals surface area contributed by atoms with Gasteiger partial charge in [0.1, 0.15) is 0 Å². The molecule has 0 aromatic carbocycles.